The molecule has 116 valence electrons. The van der Waals surface area contributed by atoms with Crippen LogP contribution >= 0.6 is 15.9 Å². The third kappa shape index (κ3) is 2.94. The van der Waals surface area contributed by atoms with Crippen molar-refractivity contribution in [2.75, 3.05) is 27.9 Å². The number of aliphatic carboxylic acids is 1. The lowest BCUT2D eigenvalue weighted by Gasteiger charge is -2.21. The van der Waals surface area contributed by atoms with Crippen molar-refractivity contribution in [1.82, 2.24) is 5.32 Å². The highest BCUT2D eigenvalue weighted by Crippen LogP contribution is 2.48. The van der Waals surface area contributed by atoms with Gasteiger partial charge in [0, 0.05) is 18.7 Å². The van der Waals surface area contributed by atoms with Crippen LogP contribution in [0.2, 0.25) is 0 Å². The fraction of sp³-hybridized carbons (Fsp3) is 0.500. The topological polar surface area (TPSA) is 77.0 Å². The second-order valence-electron chi connectivity index (χ2n) is 4.77. The number of halogens is 1. The van der Waals surface area contributed by atoms with Crippen LogP contribution in [0.3, 0.4) is 0 Å². The average molecular weight is 360 g/mol. The van der Waals surface area contributed by atoms with E-state index in [9.17, 15) is 4.79 Å². The lowest BCUT2D eigenvalue weighted by molar-refractivity contribution is -0.141. The normalized spacial score (nSPS) is 21.1. The van der Waals surface area contributed by atoms with Gasteiger partial charge in [0.2, 0.25) is 0 Å². The molecule has 0 saturated carbocycles. The molecule has 1 saturated heterocycles. The summed E-state index contributed by atoms with van der Waals surface area (Å²) in [6.07, 6.45) is 0.474. The number of carboxylic acids is 1. The van der Waals surface area contributed by atoms with Gasteiger partial charge < -0.3 is 24.6 Å². The summed E-state index contributed by atoms with van der Waals surface area (Å²) in [6.45, 7) is 0.418. The number of rotatable bonds is 5. The molecular weight excluding hydrogens is 342 g/mol. The van der Waals surface area contributed by atoms with Gasteiger partial charge in [-0.2, -0.15) is 0 Å². The molecule has 21 heavy (non-hydrogen) atoms. The largest absolute Gasteiger partial charge is 0.495 e. The Morgan fingerprint density at radius 2 is 1.95 bits per heavy atom. The first-order chi connectivity index (χ1) is 10.0. The van der Waals surface area contributed by atoms with E-state index in [1.165, 1.54) is 0 Å². The van der Waals surface area contributed by atoms with E-state index >= 15 is 0 Å². The molecule has 7 heteroatoms. The highest BCUT2D eigenvalue weighted by Gasteiger charge is 2.35. The van der Waals surface area contributed by atoms with Crippen molar-refractivity contribution in [1.29, 1.82) is 0 Å². The summed E-state index contributed by atoms with van der Waals surface area (Å²) in [4.78, 5) is 11.1. The zero-order valence-electron chi connectivity index (χ0n) is 12.1. The fourth-order valence-corrected chi connectivity index (χ4v) is 3.22. The predicted octanol–water partition coefficient (Wildman–Crippen LogP) is 2.21. The van der Waals surface area contributed by atoms with Gasteiger partial charge in [-0.1, -0.05) is 0 Å². The molecule has 6 nitrogen and oxygen atoms in total. The molecule has 0 amide bonds. The van der Waals surface area contributed by atoms with Crippen LogP contribution in [0.15, 0.2) is 10.5 Å². The maximum atomic E-state index is 11.1. The molecule has 2 N–H and O–H groups in total. The van der Waals surface area contributed by atoms with Crippen LogP contribution in [0.25, 0.3) is 0 Å². The molecule has 0 aliphatic carbocycles. The van der Waals surface area contributed by atoms with Crippen LogP contribution in [0.1, 0.15) is 18.0 Å². The minimum absolute atomic E-state index is 0.164. The lowest BCUT2D eigenvalue weighted by Crippen LogP contribution is -2.18. The molecule has 1 aromatic rings. The van der Waals surface area contributed by atoms with E-state index in [0.717, 1.165) is 10.0 Å². The summed E-state index contributed by atoms with van der Waals surface area (Å²) < 4.78 is 17.0. The standard InChI is InChI=1S/C14H18BrNO5/c1-19-10-5-8(15)12(20-2)11(13(10)21-3)9-4-7(6-16-9)14(17)18/h5,7,9,16H,4,6H2,1-3H3,(H,17,18). The maximum Gasteiger partial charge on any atom is 0.307 e. The summed E-state index contributed by atoms with van der Waals surface area (Å²) in [7, 11) is 4.68. The Morgan fingerprint density at radius 3 is 2.43 bits per heavy atom. The van der Waals surface area contributed by atoms with Crippen LogP contribution < -0.4 is 19.5 Å². The number of hydrogen-bond acceptors (Lipinski definition) is 5. The number of carboxylic acid groups (broad SMARTS) is 1. The monoisotopic (exact) mass is 359 g/mol. The number of methoxy groups -OCH3 is 3. The van der Waals surface area contributed by atoms with Crippen molar-refractivity contribution in [3.8, 4) is 17.2 Å². The van der Waals surface area contributed by atoms with Gasteiger partial charge in [-0.3, -0.25) is 4.79 Å². The number of benzene rings is 1. The Morgan fingerprint density at radius 1 is 1.29 bits per heavy atom. The molecule has 1 fully saturated rings. The quantitative estimate of drug-likeness (QED) is 0.839. The third-order valence-electron chi connectivity index (χ3n) is 3.64. The highest BCUT2D eigenvalue weighted by atomic mass is 79.9. The summed E-state index contributed by atoms with van der Waals surface area (Å²) in [5.74, 6) is 0.525. The Bertz CT molecular complexity index is 549. The van der Waals surface area contributed by atoms with Crippen molar-refractivity contribution in [2.45, 2.75) is 12.5 Å². The van der Waals surface area contributed by atoms with E-state index in [1.807, 2.05) is 0 Å². The Labute approximate surface area is 131 Å². The van der Waals surface area contributed by atoms with Crippen LogP contribution in [-0.2, 0) is 4.79 Å². The van der Waals surface area contributed by atoms with Crippen molar-refractivity contribution in [3.63, 3.8) is 0 Å². The maximum absolute atomic E-state index is 11.1. The summed E-state index contributed by atoms with van der Waals surface area (Å²) >= 11 is 3.45. The van der Waals surface area contributed by atoms with Gasteiger partial charge in [0.15, 0.2) is 11.5 Å². The Hall–Kier alpha value is -1.47. The van der Waals surface area contributed by atoms with Gasteiger partial charge >= 0.3 is 5.97 Å². The molecule has 1 aromatic carbocycles. The first kappa shape index (κ1) is 15.9. The molecule has 1 aliphatic rings. The van der Waals surface area contributed by atoms with Crippen molar-refractivity contribution in [3.05, 3.63) is 16.1 Å². The van der Waals surface area contributed by atoms with Crippen LogP contribution in [0, 0.1) is 5.92 Å². The summed E-state index contributed by atoms with van der Waals surface area (Å²) in [6, 6.07) is 1.60. The first-order valence-corrected chi connectivity index (χ1v) is 7.27. The highest BCUT2D eigenvalue weighted by molar-refractivity contribution is 9.10. The molecule has 0 aromatic heterocycles. The van der Waals surface area contributed by atoms with Crippen molar-refractivity contribution < 1.29 is 24.1 Å². The molecule has 0 spiro atoms. The molecule has 1 aliphatic heterocycles. The van der Waals surface area contributed by atoms with Gasteiger partial charge in [-0.25, -0.2) is 0 Å². The molecule has 2 unspecified atom stereocenters. The number of carbonyl (C=O) groups is 1. The Balaban J connectivity index is 2.50. The van der Waals surface area contributed by atoms with E-state index < -0.39 is 11.9 Å². The molecule has 0 bridgehead atoms. The van der Waals surface area contributed by atoms with Gasteiger partial charge in [-0.15, -0.1) is 0 Å². The van der Waals surface area contributed by atoms with Crippen LogP contribution in [0.5, 0.6) is 17.2 Å². The summed E-state index contributed by atoms with van der Waals surface area (Å²) in [5.41, 5.74) is 0.773. The van der Waals surface area contributed by atoms with Crippen LogP contribution in [0.4, 0.5) is 0 Å². The zero-order valence-corrected chi connectivity index (χ0v) is 13.7. The van der Waals surface area contributed by atoms with E-state index in [1.54, 1.807) is 27.4 Å². The van der Waals surface area contributed by atoms with Crippen molar-refractivity contribution >= 4 is 21.9 Å². The minimum atomic E-state index is -0.801. The molecule has 2 rings (SSSR count). The van der Waals surface area contributed by atoms with E-state index in [2.05, 4.69) is 21.2 Å². The van der Waals surface area contributed by atoms with Gasteiger partial charge in [0.1, 0.15) is 5.75 Å². The number of nitrogens with one attached hydrogen (secondary N) is 1. The number of hydrogen-bond donors (Lipinski definition) is 2. The molecule has 0 radical (unpaired) electrons. The van der Waals surface area contributed by atoms with E-state index in [0.29, 0.717) is 30.2 Å². The third-order valence-corrected chi connectivity index (χ3v) is 4.23. The SMILES string of the molecule is COc1cc(Br)c(OC)c(C2CC(C(=O)O)CN2)c1OC. The smallest absolute Gasteiger partial charge is 0.307 e. The lowest BCUT2D eigenvalue weighted by atomic mass is 9.98. The van der Waals surface area contributed by atoms with Crippen molar-refractivity contribution in [2.24, 2.45) is 5.92 Å². The van der Waals surface area contributed by atoms with Gasteiger partial charge in [0.25, 0.3) is 0 Å². The predicted molar refractivity (Wildman–Crippen MR) is 80.3 cm³/mol. The van der Waals surface area contributed by atoms with Gasteiger partial charge in [0.05, 0.1) is 37.3 Å². The number of ether oxygens (including phenoxy) is 3. The fourth-order valence-electron chi connectivity index (χ4n) is 2.64. The zero-order chi connectivity index (χ0) is 15.6. The van der Waals surface area contributed by atoms with Crippen LogP contribution in [-0.4, -0.2) is 38.9 Å². The molecule has 2 atom stereocenters. The molecule has 1 heterocycles. The second kappa shape index (κ2) is 6.53. The van der Waals surface area contributed by atoms with E-state index in [-0.39, 0.29) is 6.04 Å². The van der Waals surface area contributed by atoms with E-state index in [4.69, 9.17) is 19.3 Å². The summed E-state index contributed by atoms with van der Waals surface area (Å²) in [5, 5.41) is 12.4. The first-order valence-electron chi connectivity index (χ1n) is 6.48. The average Bonchev–Trinajstić information content (AvgIpc) is 2.95. The van der Waals surface area contributed by atoms with Gasteiger partial charge in [-0.05, 0) is 22.4 Å². The Kier molecular flexibility index (Phi) is 4.95. The second-order valence-corrected chi connectivity index (χ2v) is 5.63. The molecular formula is C14H18BrNO5. The minimum Gasteiger partial charge on any atom is -0.495 e.